The molecule has 0 unspecified atom stereocenters. The molecule has 4 aromatic rings. The molecule has 1 aliphatic carbocycles. The number of carbonyl (C=O) groups excluding carboxylic acids is 1. The standard InChI is InChI=1S/C23H23N7O2/c1-15-13-30(28-25-15)17-2-3-19(21(11-17)32-14-31)20-10-16-5-9-29(22(16)27-26-20)18-4-8-24-23(12-18)6-7-23/h2-3,5,9-11,13-14,18,24H,4,6-8,12H2,1H3/t18-/m0/s1. The predicted molar refractivity (Wildman–Crippen MR) is 118 cm³/mol. The van der Waals surface area contributed by atoms with Crippen molar-refractivity contribution in [3.63, 3.8) is 0 Å². The van der Waals surface area contributed by atoms with E-state index >= 15 is 0 Å². The van der Waals surface area contributed by atoms with Crippen LogP contribution in [0, 0.1) is 6.92 Å². The molecule has 0 amide bonds. The Labute approximate surface area is 184 Å². The van der Waals surface area contributed by atoms with Crippen LogP contribution in [0.25, 0.3) is 28.0 Å². The number of carbonyl (C=O) groups is 1. The first-order valence-electron chi connectivity index (χ1n) is 10.9. The van der Waals surface area contributed by atoms with Crippen LogP contribution in [0.3, 0.4) is 0 Å². The van der Waals surface area contributed by atoms with E-state index in [-0.39, 0.29) is 0 Å². The number of hydrogen-bond donors (Lipinski definition) is 1. The zero-order valence-corrected chi connectivity index (χ0v) is 17.7. The van der Waals surface area contributed by atoms with Crippen molar-refractivity contribution >= 4 is 17.5 Å². The summed E-state index contributed by atoms with van der Waals surface area (Å²) in [5.41, 5.74) is 4.12. The van der Waals surface area contributed by atoms with Crippen molar-refractivity contribution in [3.05, 3.63) is 48.4 Å². The van der Waals surface area contributed by atoms with Crippen LogP contribution in [0.4, 0.5) is 0 Å². The molecule has 2 aliphatic rings. The highest BCUT2D eigenvalue weighted by molar-refractivity contribution is 5.82. The van der Waals surface area contributed by atoms with Gasteiger partial charge >= 0.3 is 0 Å². The van der Waals surface area contributed by atoms with Crippen molar-refractivity contribution in [2.45, 2.75) is 44.2 Å². The lowest BCUT2D eigenvalue weighted by molar-refractivity contribution is -0.120. The molecule has 1 N–H and O–H groups in total. The molecular weight excluding hydrogens is 406 g/mol. The summed E-state index contributed by atoms with van der Waals surface area (Å²) in [5, 5.41) is 21.8. The van der Waals surface area contributed by atoms with E-state index in [4.69, 9.17) is 4.74 Å². The van der Waals surface area contributed by atoms with Crippen molar-refractivity contribution in [1.82, 2.24) is 35.1 Å². The van der Waals surface area contributed by atoms with Gasteiger partial charge in [-0.15, -0.1) is 15.3 Å². The van der Waals surface area contributed by atoms with Crippen LogP contribution in [0.15, 0.2) is 42.7 Å². The van der Waals surface area contributed by atoms with Gasteiger partial charge in [0.1, 0.15) is 5.75 Å². The molecule has 1 saturated carbocycles. The summed E-state index contributed by atoms with van der Waals surface area (Å²) in [6.07, 6.45) is 8.69. The monoisotopic (exact) mass is 429 g/mol. The molecule has 0 bridgehead atoms. The van der Waals surface area contributed by atoms with Crippen LogP contribution >= 0.6 is 0 Å². The van der Waals surface area contributed by atoms with Gasteiger partial charge in [-0.2, -0.15) is 0 Å². The largest absolute Gasteiger partial charge is 0.428 e. The maximum Gasteiger partial charge on any atom is 0.298 e. The number of rotatable bonds is 5. The number of aromatic nitrogens is 6. The minimum absolute atomic E-state index is 0.346. The maximum absolute atomic E-state index is 11.2. The zero-order chi connectivity index (χ0) is 21.7. The average Bonchev–Trinajstić information content (AvgIpc) is 3.21. The van der Waals surface area contributed by atoms with E-state index in [1.165, 1.54) is 12.8 Å². The lowest BCUT2D eigenvalue weighted by Crippen LogP contribution is -2.40. The van der Waals surface area contributed by atoms with E-state index in [1.807, 2.05) is 25.1 Å². The Morgan fingerprint density at radius 2 is 2.09 bits per heavy atom. The topological polar surface area (TPSA) is 99.8 Å². The minimum Gasteiger partial charge on any atom is -0.428 e. The Morgan fingerprint density at radius 3 is 2.88 bits per heavy atom. The maximum atomic E-state index is 11.2. The van der Waals surface area contributed by atoms with Crippen LogP contribution in [-0.4, -0.2) is 48.3 Å². The van der Waals surface area contributed by atoms with Gasteiger partial charge in [-0.1, -0.05) is 5.21 Å². The highest BCUT2D eigenvalue weighted by Gasteiger charge is 2.46. The van der Waals surface area contributed by atoms with Crippen molar-refractivity contribution in [1.29, 1.82) is 0 Å². The third-order valence-electron chi connectivity index (χ3n) is 6.60. The number of fused-ring (bicyclic) bond motifs is 1. The summed E-state index contributed by atoms with van der Waals surface area (Å²) in [6.45, 7) is 3.33. The highest BCUT2D eigenvalue weighted by atomic mass is 16.5. The number of nitrogens with one attached hydrogen (secondary N) is 1. The Kier molecular flexibility index (Phi) is 4.32. The van der Waals surface area contributed by atoms with Gasteiger partial charge in [0.15, 0.2) is 5.65 Å². The summed E-state index contributed by atoms with van der Waals surface area (Å²) in [4.78, 5) is 11.2. The smallest absolute Gasteiger partial charge is 0.298 e. The molecule has 1 atom stereocenters. The SMILES string of the molecule is Cc1cn(-c2ccc(-c3cc4ccn([C@H]5CCNC6(CC6)C5)c4nn3)c(OC=O)c2)nn1. The van der Waals surface area contributed by atoms with Crippen molar-refractivity contribution in [3.8, 4) is 22.7 Å². The van der Waals surface area contributed by atoms with Crippen molar-refractivity contribution in [2.24, 2.45) is 0 Å². The molecule has 162 valence electrons. The van der Waals surface area contributed by atoms with E-state index in [1.54, 1.807) is 16.9 Å². The molecule has 32 heavy (non-hydrogen) atoms. The molecule has 3 aromatic heterocycles. The zero-order valence-electron chi connectivity index (χ0n) is 17.7. The number of hydrogen-bond acceptors (Lipinski definition) is 7. The Bertz CT molecular complexity index is 1320. The van der Waals surface area contributed by atoms with E-state index < -0.39 is 0 Å². The van der Waals surface area contributed by atoms with Gasteiger partial charge in [-0.25, -0.2) is 4.68 Å². The fraction of sp³-hybridized carbons (Fsp3) is 0.348. The molecule has 1 aromatic carbocycles. The normalized spacial score (nSPS) is 19.3. The third kappa shape index (κ3) is 3.25. The average molecular weight is 429 g/mol. The van der Waals surface area contributed by atoms with Gasteiger partial charge in [-0.05, 0) is 63.4 Å². The van der Waals surface area contributed by atoms with Crippen LogP contribution in [0.5, 0.6) is 5.75 Å². The first-order valence-corrected chi connectivity index (χ1v) is 10.9. The first kappa shape index (κ1) is 19.1. The number of piperidine rings is 1. The first-order chi connectivity index (χ1) is 15.6. The molecule has 9 heteroatoms. The van der Waals surface area contributed by atoms with Gasteiger partial charge < -0.3 is 14.6 Å². The fourth-order valence-corrected chi connectivity index (χ4v) is 4.77. The number of benzene rings is 1. The van der Waals surface area contributed by atoms with Crippen molar-refractivity contribution in [2.75, 3.05) is 6.54 Å². The molecule has 0 radical (unpaired) electrons. The Balaban J connectivity index is 1.36. The van der Waals surface area contributed by atoms with E-state index in [2.05, 4.69) is 42.7 Å². The van der Waals surface area contributed by atoms with Gasteiger partial charge in [0, 0.05) is 34.8 Å². The van der Waals surface area contributed by atoms with Gasteiger partial charge in [0.2, 0.25) is 0 Å². The summed E-state index contributed by atoms with van der Waals surface area (Å²) >= 11 is 0. The van der Waals surface area contributed by atoms with E-state index in [9.17, 15) is 4.79 Å². The van der Waals surface area contributed by atoms with Crippen LogP contribution in [-0.2, 0) is 4.79 Å². The molecule has 1 saturated heterocycles. The molecule has 1 spiro atoms. The second-order valence-electron chi connectivity index (χ2n) is 8.78. The van der Waals surface area contributed by atoms with Gasteiger partial charge in [0.25, 0.3) is 6.47 Å². The third-order valence-corrected chi connectivity index (χ3v) is 6.60. The summed E-state index contributed by atoms with van der Waals surface area (Å²) in [6, 6.07) is 10.0. The number of aryl methyl sites for hydroxylation is 1. The van der Waals surface area contributed by atoms with E-state index in [0.29, 0.717) is 35.1 Å². The fourth-order valence-electron chi connectivity index (χ4n) is 4.77. The second kappa shape index (κ2) is 7.23. The van der Waals surface area contributed by atoms with Crippen LogP contribution in [0.1, 0.15) is 37.4 Å². The van der Waals surface area contributed by atoms with Crippen LogP contribution in [0.2, 0.25) is 0 Å². The lowest BCUT2D eigenvalue weighted by Gasteiger charge is -2.31. The summed E-state index contributed by atoms with van der Waals surface area (Å²) in [7, 11) is 0. The predicted octanol–water partition coefficient (Wildman–Crippen LogP) is 2.98. The molecule has 9 nitrogen and oxygen atoms in total. The molecule has 4 heterocycles. The Morgan fingerprint density at radius 1 is 1.19 bits per heavy atom. The number of ether oxygens (including phenoxy) is 1. The van der Waals surface area contributed by atoms with E-state index in [0.717, 1.165) is 41.8 Å². The van der Waals surface area contributed by atoms with Gasteiger partial charge in [0.05, 0.1) is 23.3 Å². The lowest BCUT2D eigenvalue weighted by atomic mass is 9.97. The molecule has 1 aliphatic heterocycles. The highest BCUT2D eigenvalue weighted by Crippen LogP contribution is 2.46. The Hall–Kier alpha value is -3.59. The molecule has 2 fully saturated rings. The molecule has 6 rings (SSSR count). The molecular formula is C23H23N7O2. The van der Waals surface area contributed by atoms with Crippen molar-refractivity contribution < 1.29 is 9.53 Å². The summed E-state index contributed by atoms with van der Waals surface area (Å²) < 4.78 is 9.19. The van der Waals surface area contributed by atoms with Crippen LogP contribution < -0.4 is 10.1 Å². The minimum atomic E-state index is 0.346. The second-order valence-corrected chi connectivity index (χ2v) is 8.78. The summed E-state index contributed by atoms with van der Waals surface area (Å²) in [5.74, 6) is 0.396. The quantitative estimate of drug-likeness (QED) is 0.487. The number of nitrogens with zero attached hydrogens (tertiary/aromatic N) is 6. The van der Waals surface area contributed by atoms with Gasteiger partial charge in [-0.3, -0.25) is 4.79 Å².